The van der Waals surface area contributed by atoms with Gasteiger partial charge >= 0.3 is 0 Å². The molecule has 1 aromatic rings. The van der Waals surface area contributed by atoms with Crippen LogP contribution >= 0.6 is 22.6 Å². The van der Waals surface area contributed by atoms with Crippen LogP contribution in [-0.4, -0.2) is 6.72 Å². The maximum absolute atomic E-state index is 3.88. The third-order valence-corrected chi connectivity index (χ3v) is 1.95. The van der Waals surface area contributed by atoms with Gasteiger partial charge in [0.2, 0.25) is 0 Å². The maximum atomic E-state index is 3.88. The summed E-state index contributed by atoms with van der Waals surface area (Å²) >= 11 is 2.18. The summed E-state index contributed by atoms with van der Waals surface area (Å²) in [7, 11) is 0. The number of benzene rings is 1. The Bertz CT molecular complexity index is 291. The van der Waals surface area contributed by atoms with Gasteiger partial charge in [-0.1, -0.05) is 24.8 Å². The minimum atomic E-state index is 0.895. The van der Waals surface area contributed by atoms with Gasteiger partial charge in [0.25, 0.3) is 0 Å². The molecule has 0 aliphatic carbocycles. The van der Waals surface area contributed by atoms with Gasteiger partial charge in [-0.25, -0.2) is 0 Å². The summed E-state index contributed by atoms with van der Waals surface area (Å²) in [5.41, 5.74) is 1.95. The molecule has 0 saturated heterocycles. The molecule has 1 aromatic carbocycles. The Morgan fingerprint density at radius 3 is 2.45 bits per heavy atom. The van der Waals surface area contributed by atoms with E-state index in [0.29, 0.717) is 0 Å². The summed E-state index contributed by atoms with van der Waals surface area (Å²) in [5.74, 6) is 0. The molecule has 0 aromatic heterocycles. The van der Waals surface area contributed by atoms with Gasteiger partial charge in [0.15, 0.2) is 0 Å². The highest BCUT2D eigenvalue weighted by atomic mass is 127. The molecule has 0 amide bonds. The molecule has 0 N–H and O–H groups in total. The molecule has 0 unspecified atom stereocenters. The lowest BCUT2D eigenvalue weighted by Crippen LogP contribution is -1.74. The molecule has 56 valence electrons. The van der Waals surface area contributed by atoms with Crippen LogP contribution in [0.5, 0.6) is 0 Å². The Morgan fingerprint density at radius 2 is 2.00 bits per heavy atom. The first-order valence-corrected chi connectivity index (χ1v) is 4.24. The number of hydrogen-bond acceptors (Lipinski definition) is 1. The quantitative estimate of drug-likeness (QED) is 0.568. The summed E-state index contributed by atoms with van der Waals surface area (Å²) in [6.07, 6.45) is 0. The summed E-state index contributed by atoms with van der Waals surface area (Å²) in [5, 5.41) is 0. The SMILES string of the molecule is C=Nc1ccccc1C(=C)I. The second-order valence-electron chi connectivity index (χ2n) is 2.08. The van der Waals surface area contributed by atoms with Crippen molar-refractivity contribution in [2.75, 3.05) is 0 Å². The highest BCUT2D eigenvalue weighted by Gasteiger charge is 1.98. The fourth-order valence-corrected chi connectivity index (χ4v) is 1.30. The van der Waals surface area contributed by atoms with E-state index in [1.54, 1.807) is 0 Å². The molecule has 1 nitrogen and oxygen atoms in total. The van der Waals surface area contributed by atoms with E-state index in [9.17, 15) is 0 Å². The Labute approximate surface area is 80.0 Å². The van der Waals surface area contributed by atoms with E-state index in [2.05, 4.69) is 40.9 Å². The lowest BCUT2D eigenvalue weighted by Gasteiger charge is -2.00. The van der Waals surface area contributed by atoms with Crippen molar-refractivity contribution in [1.29, 1.82) is 0 Å². The number of rotatable bonds is 2. The fourth-order valence-electron chi connectivity index (χ4n) is 0.841. The number of halogens is 1. The first kappa shape index (κ1) is 8.46. The molecule has 0 heterocycles. The van der Waals surface area contributed by atoms with Crippen LogP contribution in [0.2, 0.25) is 0 Å². The zero-order valence-electron chi connectivity index (χ0n) is 6.05. The van der Waals surface area contributed by atoms with Crippen LogP contribution in [0.15, 0.2) is 35.8 Å². The zero-order chi connectivity index (χ0) is 8.27. The summed E-state index contributed by atoms with van der Waals surface area (Å²) in [4.78, 5) is 3.88. The zero-order valence-corrected chi connectivity index (χ0v) is 8.21. The monoisotopic (exact) mass is 257 g/mol. The number of nitrogens with zero attached hydrogens (tertiary/aromatic N) is 1. The van der Waals surface area contributed by atoms with Crippen molar-refractivity contribution in [2.45, 2.75) is 0 Å². The third kappa shape index (κ3) is 1.89. The Hall–Kier alpha value is -0.640. The van der Waals surface area contributed by atoms with E-state index in [0.717, 1.165) is 14.8 Å². The molecular formula is C9H8IN. The average Bonchev–Trinajstić information content (AvgIpc) is 2.04. The number of hydrogen-bond donors (Lipinski definition) is 0. The normalized spacial score (nSPS) is 9.18. The van der Waals surface area contributed by atoms with Crippen LogP contribution in [0.3, 0.4) is 0 Å². The molecule has 0 radical (unpaired) electrons. The molecule has 0 bridgehead atoms. The Balaban J connectivity index is 3.22. The second kappa shape index (κ2) is 3.67. The van der Waals surface area contributed by atoms with Crippen molar-refractivity contribution in [3.63, 3.8) is 0 Å². The molecular weight excluding hydrogens is 249 g/mol. The predicted octanol–water partition coefficient (Wildman–Crippen LogP) is 3.42. The van der Waals surface area contributed by atoms with E-state index in [1.165, 1.54) is 0 Å². The van der Waals surface area contributed by atoms with E-state index >= 15 is 0 Å². The van der Waals surface area contributed by atoms with Gasteiger partial charge in [-0.05, 0) is 35.4 Å². The maximum Gasteiger partial charge on any atom is 0.0705 e. The summed E-state index contributed by atoms with van der Waals surface area (Å²) in [6.45, 7) is 7.31. The minimum Gasteiger partial charge on any atom is -0.264 e. The van der Waals surface area contributed by atoms with Crippen LogP contribution in [0, 0.1) is 0 Å². The van der Waals surface area contributed by atoms with E-state index in [1.807, 2.05) is 24.3 Å². The standard InChI is InChI=1S/C9H8IN/c1-7(10)8-5-3-4-6-9(8)11-2/h3-6H,1-2H2. The Kier molecular flexibility index (Phi) is 2.82. The molecule has 0 saturated carbocycles. The molecule has 0 aliphatic heterocycles. The highest BCUT2D eigenvalue weighted by Crippen LogP contribution is 2.28. The molecule has 11 heavy (non-hydrogen) atoms. The van der Waals surface area contributed by atoms with Crippen molar-refractivity contribution in [2.24, 2.45) is 4.99 Å². The fraction of sp³-hybridized carbons (Fsp3) is 0. The molecule has 2 heteroatoms. The highest BCUT2D eigenvalue weighted by molar-refractivity contribution is 14.1. The van der Waals surface area contributed by atoms with Gasteiger partial charge in [-0.2, -0.15) is 0 Å². The van der Waals surface area contributed by atoms with Gasteiger partial charge in [0.05, 0.1) is 5.69 Å². The van der Waals surface area contributed by atoms with Gasteiger partial charge < -0.3 is 0 Å². The summed E-state index contributed by atoms with van der Waals surface area (Å²) < 4.78 is 0.991. The van der Waals surface area contributed by atoms with E-state index in [-0.39, 0.29) is 0 Å². The number of para-hydroxylation sites is 1. The van der Waals surface area contributed by atoms with Crippen LogP contribution in [-0.2, 0) is 0 Å². The summed E-state index contributed by atoms with van der Waals surface area (Å²) in [6, 6.07) is 7.81. The van der Waals surface area contributed by atoms with Crippen molar-refractivity contribution in [1.82, 2.24) is 0 Å². The number of aliphatic imine (C=N–C) groups is 1. The van der Waals surface area contributed by atoms with Gasteiger partial charge in [-0.15, -0.1) is 0 Å². The molecule has 1 rings (SSSR count). The molecule has 0 aliphatic rings. The van der Waals surface area contributed by atoms with Crippen molar-refractivity contribution in [3.05, 3.63) is 36.4 Å². The lowest BCUT2D eigenvalue weighted by molar-refractivity contribution is 1.52. The lowest BCUT2D eigenvalue weighted by atomic mass is 10.2. The van der Waals surface area contributed by atoms with Gasteiger partial charge in [0.1, 0.15) is 0 Å². The van der Waals surface area contributed by atoms with E-state index < -0.39 is 0 Å². The topological polar surface area (TPSA) is 12.4 Å². The van der Waals surface area contributed by atoms with Gasteiger partial charge in [-0.3, -0.25) is 4.99 Å². The van der Waals surface area contributed by atoms with Gasteiger partial charge in [0, 0.05) is 9.14 Å². The first-order valence-electron chi connectivity index (χ1n) is 3.16. The third-order valence-electron chi connectivity index (χ3n) is 1.37. The smallest absolute Gasteiger partial charge is 0.0705 e. The van der Waals surface area contributed by atoms with Crippen LogP contribution < -0.4 is 0 Å². The average molecular weight is 257 g/mol. The van der Waals surface area contributed by atoms with Crippen LogP contribution in [0.4, 0.5) is 5.69 Å². The molecule has 0 spiro atoms. The van der Waals surface area contributed by atoms with Crippen molar-refractivity contribution < 1.29 is 0 Å². The second-order valence-corrected chi connectivity index (χ2v) is 3.38. The minimum absolute atomic E-state index is 0.895. The van der Waals surface area contributed by atoms with Crippen molar-refractivity contribution in [3.8, 4) is 0 Å². The molecule has 0 atom stereocenters. The molecule has 0 fully saturated rings. The van der Waals surface area contributed by atoms with Crippen molar-refractivity contribution >= 4 is 38.6 Å². The first-order chi connectivity index (χ1) is 5.25. The van der Waals surface area contributed by atoms with Crippen LogP contribution in [0.25, 0.3) is 3.58 Å². The Morgan fingerprint density at radius 1 is 1.36 bits per heavy atom. The largest absolute Gasteiger partial charge is 0.264 e. The predicted molar refractivity (Wildman–Crippen MR) is 58.7 cm³/mol. The van der Waals surface area contributed by atoms with E-state index in [4.69, 9.17) is 0 Å². The van der Waals surface area contributed by atoms with Crippen LogP contribution in [0.1, 0.15) is 5.56 Å².